The zero-order valence-corrected chi connectivity index (χ0v) is 21.7. The van der Waals surface area contributed by atoms with Gasteiger partial charge in [-0.15, -0.1) is 0 Å². The Kier molecular flexibility index (Phi) is 6.37. The van der Waals surface area contributed by atoms with Crippen molar-refractivity contribution in [1.82, 2.24) is 19.4 Å². The van der Waals surface area contributed by atoms with Crippen LogP contribution in [0.15, 0.2) is 53.3 Å². The Morgan fingerprint density at radius 1 is 1.14 bits per heavy atom. The van der Waals surface area contributed by atoms with E-state index in [1.54, 1.807) is 12.3 Å². The molecule has 0 saturated heterocycles. The van der Waals surface area contributed by atoms with Gasteiger partial charge in [0.2, 0.25) is 5.95 Å². The second-order valence-corrected chi connectivity index (χ2v) is 10.2. The molecule has 2 aromatic carbocycles. The molecule has 2 heterocycles. The van der Waals surface area contributed by atoms with Crippen molar-refractivity contribution in [3.05, 3.63) is 59.1 Å². The van der Waals surface area contributed by atoms with Crippen LogP contribution in [0.2, 0.25) is 0 Å². The van der Waals surface area contributed by atoms with E-state index in [1.807, 2.05) is 31.3 Å². The predicted molar refractivity (Wildman–Crippen MR) is 145 cm³/mol. The highest BCUT2D eigenvalue weighted by molar-refractivity contribution is 9.10. The van der Waals surface area contributed by atoms with Crippen molar-refractivity contribution in [1.29, 1.82) is 0 Å². The number of hydrogen-bond acceptors (Lipinski definition) is 6. The maximum absolute atomic E-state index is 14.1. The number of benzene rings is 2. The third-order valence-corrected chi connectivity index (χ3v) is 6.98. The van der Waals surface area contributed by atoms with Crippen LogP contribution in [0, 0.1) is 5.82 Å². The Hall–Kier alpha value is -3.17. The Morgan fingerprint density at radius 3 is 2.69 bits per heavy atom. The zero-order chi connectivity index (χ0) is 24.7. The van der Waals surface area contributed by atoms with Gasteiger partial charge in [-0.2, -0.15) is 0 Å². The van der Waals surface area contributed by atoms with E-state index >= 15 is 0 Å². The molecule has 0 bridgehead atoms. The van der Waals surface area contributed by atoms with Crippen LogP contribution in [0.4, 0.5) is 27.4 Å². The van der Waals surface area contributed by atoms with E-state index in [9.17, 15) is 4.39 Å². The molecule has 0 aliphatic heterocycles. The van der Waals surface area contributed by atoms with Gasteiger partial charge in [0.05, 0.1) is 22.8 Å². The molecule has 3 N–H and O–H groups in total. The fourth-order valence-corrected chi connectivity index (χ4v) is 4.68. The molecular formula is C26H29BrFN7. The number of nitrogens with zero attached hydrogens (tertiary/aromatic N) is 5. The molecule has 1 saturated carbocycles. The number of anilines is 4. The summed E-state index contributed by atoms with van der Waals surface area (Å²) in [5, 5.41) is 4.14. The van der Waals surface area contributed by atoms with E-state index in [2.05, 4.69) is 60.9 Å². The van der Waals surface area contributed by atoms with E-state index in [0.717, 1.165) is 63.9 Å². The van der Waals surface area contributed by atoms with Gasteiger partial charge in [0, 0.05) is 59.5 Å². The van der Waals surface area contributed by atoms with Gasteiger partial charge >= 0.3 is 0 Å². The lowest BCUT2D eigenvalue weighted by atomic mass is 10.1. The van der Waals surface area contributed by atoms with Gasteiger partial charge in [-0.05, 0) is 79.3 Å². The monoisotopic (exact) mass is 537 g/mol. The van der Waals surface area contributed by atoms with Gasteiger partial charge in [0.25, 0.3) is 0 Å². The Bertz CT molecular complexity index is 1380. The lowest BCUT2D eigenvalue weighted by Crippen LogP contribution is -2.29. The van der Waals surface area contributed by atoms with Gasteiger partial charge < -0.3 is 25.4 Å². The van der Waals surface area contributed by atoms with Crippen LogP contribution in [0.5, 0.6) is 0 Å². The Balaban J connectivity index is 1.44. The Morgan fingerprint density at radius 2 is 1.94 bits per heavy atom. The van der Waals surface area contributed by atoms with Crippen molar-refractivity contribution >= 4 is 49.8 Å². The second kappa shape index (κ2) is 9.47. The second-order valence-electron chi connectivity index (χ2n) is 9.35. The molecule has 2 aromatic heterocycles. The SMILES string of the molecule is CN(C)CCN(C)c1cc(Br)c(Nc2nccc(-c3cn(C4CC4)c4ccc(F)cc34)n2)cc1N. The molecule has 182 valence electrons. The number of aromatic nitrogens is 3. The maximum Gasteiger partial charge on any atom is 0.227 e. The van der Waals surface area contributed by atoms with Crippen molar-refractivity contribution in [3.8, 4) is 11.3 Å². The molecule has 0 unspecified atom stereocenters. The highest BCUT2D eigenvalue weighted by atomic mass is 79.9. The standard InChI is InChI=1S/C26H29BrFN7/c1-33(2)10-11-34(3)25-13-20(27)23(14-21(25)29)32-26-30-9-8-22(31-26)19-15-35(17-5-6-17)24-7-4-16(28)12-18(19)24/h4,7-9,12-15,17H,5-6,10-11,29H2,1-3H3,(H,30,31,32). The first-order chi connectivity index (χ1) is 16.8. The summed E-state index contributed by atoms with van der Waals surface area (Å²) in [6.45, 7) is 1.78. The van der Waals surface area contributed by atoms with Gasteiger partial charge in [-0.3, -0.25) is 0 Å². The van der Waals surface area contributed by atoms with Crippen LogP contribution >= 0.6 is 15.9 Å². The first-order valence-corrected chi connectivity index (χ1v) is 12.4. The smallest absolute Gasteiger partial charge is 0.227 e. The molecule has 1 aliphatic carbocycles. The molecule has 0 spiro atoms. The summed E-state index contributed by atoms with van der Waals surface area (Å²) < 4.78 is 17.2. The van der Waals surface area contributed by atoms with Crippen LogP contribution in [0.3, 0.4) is 0 Å². The number of nitrogen functional groups attached to an aromatic ring is 1. The predicted octanol–water partition coefficient (Wildman–Crippen LogP) is 5.66. The van der Waals surface area contributed by atoms with Crippen LogP contribution in [0.25, 0.3) is 22.2 Å². The van der Waals surface area contributed by atoms with Crippen molar-refractivity contribution in [3.63, 3.8) is 0 Å². The molecule has 0 radical (unpaired) electrons. The minimum absolute atomic E-state index is 0.255. The average molecular weight is 538 g/mol. The largest absolute Gasteiger partial charge is 0.397 e. The molecule has 35 heavy (non-hydrogen) atoms. The molecule has 1 aliphatic rings. The minimum Gasteiger partial charge on any atom is -0.397 e. The molecule has 5 rings (SSSR count). The van der Waals surface area contributed by atoms with Crippen molar-refractivity contribution in [2.45, 2.75) is 18.9 Å². The number of nitrogens with two attached hydrogens (primary N) is 1. The normalized spacial score (nSPS) is 13.5. The van der Waals surface area contributed by atoms with Crippen molar-refractivity contribution < 1.29 is 4.39 Å². The maximum atomic E-state index is 14.1. The van der Waals surface area contributed by atoms with Gasteiger partial charge in [0.15, 0.2) is 0 Å². The summed E-state index contributed by atoms with van der Waals surface area (Å²) in [7, 11) is 6.13. The van der Waals surface area contributed by atoms with E-state index in [1.165, 1.54) is 6.07 Å². The summed E-state index contributed by atoms with van der Waals surface area (Å²) in [4.78, 5) is 13.4. The summed E-state index contributed by atoms with van der Waals surface area (Å²) in [6, 6.07) is 11.2. The topological polar surface area (TPSA) is 75.2 Å². The van der Waals surface area contributed by atoms with Crippen LogP contribution in [-0.2, 0) is 0 Å². The number of nitrogens with one attached hydrogen (secondary N) is 1. The number of halogens is 2. The third-order valence-electron chi connectivity index (χ3n) is 6.32. The first-order valence-electron chi connectivity index (χ1n) is 11.7. The first kappa shape index (κ1) is 23.6. The molecule has 1 fully saturated rings. The van der Waals surface area contributed by atoms with Crippen molar-refractivity contribution in [2.24, 2.45) is 0 Å². The molecule has 9 heteroatoms. The fraction of sp³-hybridized carbons (Fsp3) is 0.308. The van der Waals surface area contributed by atoms with Crippen LogP contribution in [-0.4, -0.2) is 53.7 Å². The summed E-state index contributed by atoms with van der Waals surface area (Å²) in [5.74, 6) is 0.190. The molecule has 0 atom stereocenters. The number of likely N-dealkylation sites (N-methyl/N-ethyl adjacent to an activating group) is 2. The third kappa shape index (κ3) is 4.97. The van der Waals surface area contributed by atoms with E-state index < -0.39 is 0 Å². The molecule has 7 nitrogen and oxygen atoms in total. The average Bonchev–Trinajstić information content (AvgIpc) is 3.60. The molecular weight excluding hydrogens is 509 g/mol. The number of fused-ring (bicyclic) bond motifs is 1. The van der Waals surface area contributed by atoms with Gasteiger partial charge in [0.1, 0.15) is 5.82 Å². The van der Waals surface area contributed by atoms with Gasteiger partial charge in [-0.1, -0.05) is 0 Å². The number of rotatable bonds is 8. The van der Waals surface area contributed by atoms with E-state index in [-0.39, 0.29) is 5.82 Å². The van der Waals surface area contributed by atoms with E-state index in [0.29, 0.717) is 17.7 Å². The number of hydrogen-bond donors (Lipinski definition) is 2. The van der Waals surface area contributed by atoms with Crippen molar-refractivity contribution in [2.75, 3.05) is 50.2 Å². The zero-order valence-electron chi connectivity index (χ0n) is 20.1. The van der Waals surface area contributed by atoms with E-state index in [4.69, 9.17) is 10.7 Å². The lowest BCUT2D eigenvalue weighted by Gasteiger charge is -2.24. The molecule has 0 amide bonds. The lowest BCUT2D eigenvalue weighted by molar-refractivity contribution is 0.416. The Labute approximate surface area is 212 Å². The molecule has 4 aromatic rings. The van der Waals surface area contributed by atoms with Gasteiger partial charge in [-0.25, -0.2) is 14.4 Å². The summed E-state index contributed by atoms with van der Waals surface area (Å²) >= 11 is 3.66. The quantitative estimate of drug-likeness (QED) is 0.282. The van der Waals surface area contributed by atoms with Crippen LogP contribution < -0.4 is 16.0 Å². The highest BCUT2D eigenvalue weighted by Crippen LogP contribution is 2.41. The fourth-order valence-electron chi connectivity index (χ4n) is 4.25. The minimum atomic E-state index is -0.255. The summed E-state index contributed by atoms with van der Waals surface area (Å²) in [5.41, 5.74) is 11.4. The highest BCUT2D eigenvalue weighted by Gasteiger charge is 2.26. The summed E-state index contributed by atoms with van der Waals surface area (Å²) in [6.07, 6.45) is 6.09. The van der Waals surface area contributed by atoms with Crippen LogP contribution in [0.1, 0.15) is 18.9 Å².